The summed E-state index contributed by atoms with van der Waals surface area (Å²) >= 11 is 5.95. The molecule has 1 aliphatic heterocycles. The number of amides is 1. The van der Waals surface area contributed by atoms with E-state index < -0.39 is 21.6 Å². The molecule has 1 N–H and O–H groups in total. The van der Waals surface area contributed by atoms with Gasteiger partial charge in [-0.25, -0.2) is 21.5 Å². The van der Waals surface area contributed by atoms with Crippen molar-refractivity contribution >= 4 is 27.5 Å². The summed E-state index contributed by atoms with van der Waals surface area (Å²) in [4.78, 5) is 12.6. The predicted octanol–water partition coefficient (Wildman–Crippen LogP) is 4.04. The molecule has 5 nitrogen and oxygen atoms in total. The fourth-order valence-electron chi connectivity index (χ4n) is 3.51. The molecule has 2 aromatic rings. The number of nitrogens with one attached hydrogen (secondary N) is 1. The van der Waals surface area contributed by atoms with Crippen molar-refractivity contribution in [1.29, 1.82) is 0 Å². The predicted molar refractivity (Wildman–Crippen MR) is 111 cm³/mol. The third-order valence-electron chi connectivity index (χ3n) is 5.34. The zero-order valence-electron chi connectivity index (χ0n) is 16.4. The van der Waals surface area contributed by atoms with Gasteiger partial charge in [0, 0.05) is 29.6 Å². The van der Waals surface area contributed by atoms with Gasteiger partial charge in [-0.1, -0.05) is 29.8 Å². The maximum Gasteiger partial charge on any atom is 0.223 e. The van der Waals surface area contributed by atoms with E-state index in [-0.39, 0.29) is 47.4 Å². The van der Waals surface area contributed by atoms with Crippen LogP contribution >= 0.6 is 11.6 Å². The summed E-state index contributed by atoms with van der Waals surface area (Å²) in [5.74, 6) is -2.01. The van der Waals surface area contributed by atoms with Gasteiger partial charge in [-0.05, 0) is 49.6 Å². The van der Waals surface area contributed by atoms with Gasteiger partial charge in [-0.3, -0.25) is 4.79 Å². The molecule has 1 amide bonds. The van der Waals surface area contributed by atoms with Crippen molar-refractivity contribution in [1.82, 2.24) is 9.62 Å². The molecular weight excluding hydrogens is 434 g/mol. The second kappa shape index (κ2) is 9.41. The molecule has 2 aromatic carbocycles. The van der Waals surface area contributed by atoms with Gasteiger partial charge in [0.15, 0.2) is 0 Å². The van der Waals surface area contributed by atoms with Gasteiger partial charge in [0.2, 0.25) is 15.9 Å². The van der Waals surface area contributed by atoms with E-state index in [1.807, 2.05) is 6.92 Å². The summed E-state index contributed by atoms with van der Waals surface area (Å²) in [5, 5.41) is 2.97. The number of carbonyl (C=O) groups excluding carboxylic acids is 1. The lowest BCUT2D eigenvalue weighted by Gasteiger charge is -2.31. The van der Waals surface area contributed by atoms with E-state index in [1.54, 1.807) is 12.1 Å². The number of sulfonamides is 1. The standard InChI is InChI=1S/C21H23ClF2N2O3S/c1-14(15-5-7-17(23)8-6-15)25-21(27)16-9-11-26(12-10-16)30(28,29)13-18-19(22)3-2-4-20(18)24/h2-8,14,16H,9-13H2,1H3,(H,25,27)/t14-/m1/s1. The molecule has 1 atom stereocenters. The van der Waals surface area contributed by atoms with Crippen LogP contribution in [0.5, 0.6) is 0 Å². The summed E-state index contributed by atoms with van der Waals surface area (Å²) in [6.07, 6.45) is 0.735. The molecule has 1 saturated heterocycles. The second-order valence-electron chi connectivity index (χ2n) is 7.41. The summed E-state index contributed by atoms with van der Waals surface area (Å²) in [7, 11) is -3.76. The van der Waals surface area contributed by atoms with E-state index in [2.05, 4.69) is 5.32 Å². The number of hydrogen-bond donors (Lipinski definition) is 1. The van der Waals surface area contributed by atoms with Crippen LogP contribution in [-0.4, -0.2) is 31.7 Å². The highest BCUT2D eigenvalue weighted by Crippen LogP contribution is 2.26. The maximum absolute atomic E-state index is 14.0. The van der Waals surface area contributed by atoms with Crippen LogP contribution in [-0.2, 0) is 20.6 Å². The smallest absolute Gasteiger partial charge is 0.223 e. The van der Waals surface area contributed by atoms with Gasteiger partial charge in [-0.15, -0.1) is 0 Å². The molecule has 30 heavy (non-hydrogen) atoms. The first-order valence-electron chi connectivity index (χ1n) is 9.64. The fraction of sp³-hybridized carbons (Fsp3) is 0.381. The molecule has 162 valence electrons. The van der Waals surface area contributed by atoms with Gasteiger partial charge in [0.1, 0.15) is 11.6 Å². The second-order valence-corrected chi connectivity index (χ2v) is 9.79. The quantitative estimate of drug-likeness (QED) is 0.713. The van der Waals surface area contributed by atoms with Crippen LogP contribution in [0.4, 0.5) is 8.78 Å². The average Bonchev–Trinajstić information content (AvgIpc) is 2.71. The molecular formula is C21H23ClF2N2O3S. The number of hydrogen-bond acceptors (Lipinski definition) is 3. The Kier molecular flexibility index (Phi) is 7.10. The van der Waals surface area contributed by atoms with E-state index in [0.29, 0.717) is 12.8 Å². The van der Waals surface area contributed by atoms with Crippen molar-refractivity contribution in [2.45, 2.75) is 31.6 Å². The van der Waals surface area contributed by atoms with Crippen LogP contribution in [0.2, 0.25) is 5.02 Å². The lowest BCUT2D eigenvalue weighted by atomic mass is 9.96. The Labute approximate surface area is 180 Å². The fourth-order valence-corrected chi connectivity index (χ4v) is 5.42. The Balaban J connectivity index is 1.57. The first kappa shape index (κ1) is 22.7. The lowest BCUT2D eigenvalue weighted by Crippen LogP contribution is -2.43. The van der Waals surface area contributed by atoms with Crippen molar-refractivity contribution in [3.05, 3.63) is 70.2 Å². The molecule has 0 radical (unpaired) electrons. The molecule has 0 unspecified atom stereocenters. The number of carbonyl (C=O) groups is 1. The number of halogens is 3. The van der Waals surface area contributed by atoms with Gasteiger partial charge in [0.25, 0.3) is 0 Å². The van der Waals surface area contributed by atoms with Crippen LogP contribution in [0, 0.1) is 17.6 Å². The molecule has 1 aliphatic rings. The Morgan fingerprint density at radius 3 is 2.40 bits per heavy atom. The molecule has 0 saturated carbocycles. The molecule has 0 spiro atoms. The number of benzene rings is 2. The number of nitrogens with zero attached hydrogens (tertiary/aromatic N) is 1. The molecule has 1 fully saturated rings. The Bertz CT molecular complexity index is 987. The van der Waals surface area contributed by atoms with Gasteiger partial charge >= 0.3 is 0 Å². The SMILES string of the molecule is C[C@@H](NC(=O)C1CCN(S(=O)(=O)Cc2c(F)cccc2Cl)CC1)c1ccc(F)cc1. The first-order chi connectivity index (χ1) is 14.2. The average molecular weight is 457 g/mol. The monoisotopic (exact) mass is 456 g/mol. The molecule has 0 aliphatic carbocycles. The minimum atomic E-state index is -3.76. The van der Waals surface area contributed by atoms with E-state index >= 15 is 0 Å². The Hall–Kier alpha value is -2.03. The maximum atomic E-state index is 14.0. The van der Waals surface area contributed by atoms with Crippen molar-refractivity contribution in [3.63, 3.8) is 0 Å². The van der Waals surface area contributed by atoms with Crippen LogP contribution in [0.15, 0.2) is 42.5 Å². The normalized spacial score (nSPS) is 16.9. The summed E-state index contributed by atoms with van der Waals surface area (Å²) in [6, 6.07) is 9.66. The van der Waals surface area contributed by atoms with Crippen LogP contribution < -0.4 is 5.32 Å². The van der Waals surface area contributed by atoms with Crippen molar-refractivity contribution in [2.75, 3.05) is 13.1 Å². The van der Waals surface area contributed by atoms with Gasteiger partial charge < -0.3 is 5.32 Å². The first-order valence-corrected chi connectivity index (χ1v) is 11.6. The zero-order chi connectivity index (χ0) is 21.9. The van der Waals surface area contributed by atoms with Crippen molar-refractivity contribution in [3.8, 4) is 0 Å². The summed E-state index contributed by atoms with van der Waals surface area (Å²) in [5.41, 5.74) is 0.735. The van der Waals surface area contributed by atoms with Crippen molar-refractivity contribution in [2.24, 2.45) is 5.92 Å². The zero-order valence-corrected chi connectivity index (χ0v) is 18.0. The van der Waals surface area contributed by atoms with E-state index in [1.165, 1.54) is 34.6 Å². The van der Waals surface area contributed by atoms with Gasteiger partial charge in [-0.2, -0.15) is 0 Å². The van der Waals surface area contributed by atoms with E-state index in [4.69, 9.17) is 11.6 Å². The molecule has 0 aromatic heterocycles. The number of rotatable bonds is 6. The topological polar surface area (TPSA) is 66.5 Å². The molecule has 0 bridgehead atoms. The highest BCUT2D eigenvalue weighted by molar-refractivity contribution is 7.88. The Morgan fingerprint density at radius 2 is 1.80 bits per heavy atom. The summed E-state index contributed by atoms with van der Waals surface area (Å²) < 4.78 is 53.7. The largest absolute Gasteiger partial charge is 0.349 e. The summed E-state index contributed by atoms with van der Waals surface area (Å²) in [6.45, 7) is 2.16. The third kappa shape index (κ3) is 5.36. The molecule has 9 heteroatoms. The van der Waals surface area contributed by atoms with Crippen molar-refractivity contribution < 1.29 is 22.0 Å². The van der Waals surface area contributed by atoms with E-state index in [9.17, 15) is 22.0 Å². The molecule has 1 heterocycles. The molecule has 3 rings (SSSR count). The van der Waals surface area contributed by atoms with Crippen LogP contribution in [0.1, 0.15) is 36.9 Å². The van der Waals surface area contributed by atoms with Crippen LogP contribution in [0.3, 0.4) is 0 Å². The minimum Gasteiger partial charge on any atom is -0.349 e. The third-order valence-corrected chi connectivity index (χ3v) is 7.49. The highest BCUT2D eigenvalue weighted by Gasteiger charge is 2.32. The number of piperidine rings is 1. The Morgan fingerprint density at radius 1 is 1.17 bits per heavy atom. The lowest BCUT2D eigenvalue weighted by molar-refractivity contribution is -0.126. The minimum absolute atomic E-state index is 0.0489. The van der Waals surface area contributed by atoms with Gasteiger partial charge in [0.05, 0.1) is 11.8 Å². The van der Waals surface area contributed by atoms with E-state index in [0.717, 1.165) is 5.56 Å². The van der Waals surface area contributed by atoms with Crippen LogP contribution in [0.25, 0.3) is 0 Å². The highest BCUT2D eigenvalue weighted by atomic mass is 35.5.